The second-order valence-electron chi connectivity index (χ2n) is 6.11. The Hall–Kier alpha value is -2.59. The molecule has 0 bridgehead atoms. The maximum Gasteiger partial charge on any atom is 0.257 e. The van der Waals surface area contributed by atoms with Gasteiger partial charge in [0.2, 0.25) is 0 Å². The zero-order valence-electron chi connectivity index (χ0n) is 14.6. The van der Waals surface area contributed by atoms with Gasteiger partial charge < -0.3 is 9.64 Å². The predicted molar refractivity (Wildman–Crippen MR) is 101 cm³/mol. The third kappa shape index (κ3) is 4.48. The molecule has 0 aliphatic carbocycles. The number of carbonyl (C=O) groups is 1. The molecule has 2 aromatic rings. The molecule has 3 rings (SSSR count). The normalized spacial score (nSPS) is 15.5. The molecule has 0 atom stereocenters. The lowest BCUT2D eigenvalue weighted by atomic mass is 10.1. The molecule has 0 spiro atoms. The number of amides is 1. The minimum absolute atomic E-state index is 0.0527. The van der Waals surface area contributed by atoms with E-state index < -0.39 is 0 Å². The summed E-state index contributed by atoms with van der Waals surface area (Å²) in [5, 5.41) is 0. The maximum atomic E-state index is 12.7. The van der Waals surface area contributed by atoms with Crippen LogP contribution in [0.3, 0.4) is 0 Å². The van der Waals surface area contributed by atoms with E-state index in [1.807, 2.05) is 47.4 Å². The first-order chi connectivity index (χ1) is 12.3. The molecular weight excluding hydrogens is 312 g/mol. The van der Waals surface area contributed by atoms with Crippen LogP contribution < -0.4 is 4.74 Å². The largest absolute Gasteiger partial charge is 0.496 e. The molecule has 1 fully saturated rings. The molecule has 0 saturated carbocycles. The van der Waals surface area contributed by atoms with Crippen LogP contribution in [0.1, 0.15) is 15.9 Å². The van der Waals surface area contributed by atoms with Gasteiger partial charge >= 0.3 is 0 Å². The summed E-state index contributed by atoms with van der Waals surface area (Å²) in [6.07, 6.45) is 4.33. The van der Waals surface area contributed by atoms with Gasteiger partial charge in [0, 0.05) is 32.7 Å². The Morgan fingerprint density at radius 1 is 1.00 bits per heavy atom. The fourth-order valence-electron chi connectivity index (χ4n) is 3.03. The van der Waals surface area contributed by atoms with Crippen LogP contribution in [-0.4, -0.2) is 55.5 Å². The summed E-state index contributed by atoms with van der Waals surface area (Å²) in [5.41, 5.74) is 1.86. The van der Waals surface area contributed by atoms with Crippen LogP contribution >= 0.6 is 0 Å². The monoisotopic (exact) mass is 336 g/mol. The highest BCUT2D eigenvalue weighted by molar-refractivity contribution is 5.97. The van der Waals surface area contributed by atoms with Gasteiger partial charge in [-0.2, -0.15) is 0 Å². The first-order valence-electron chi connectivity index (χ1n) is 8.64. The molecule has 0 N–H and O–H groups in total. The summed E-state index contributed by atoms with van der Waals surface area (Å²) in [4.78, 5) is 17.0. The van der Waals surface area contributed by atoms with Crippen molar-refractivity contribution in [2.45, 2.75) is 0 Å². The van der Waals surface area contributed by atoms with Gasteiger partial charge in [-0.15, -0.1) is 0 Å². The van der Waals surface area contributed by atoms with E-state index in [1.165, 1.54) is 5.56 Å². The van der Waals surface area contributed by atoms with Crippen molar-refractivity contribution in [1.29, 1.82) is 0 Å². The highest BCUT2D eigenvalue weighted by Gasteiger charge is 2.23. The molecule has 1 aliphatic heterocycles. The quantitative estimate of drug-likeness (QED) is 0.841. The Morgan fingerprint density at radius 3 is 2.40 bits per heavy atom. The number of benzene rings is 2. The number of para-hydroxylation sites is 1. The smallest absolute Gasteiger partial charge is 0.257 e. The van der Waals surface area contributed by atoms with E-state index in [0.29, 0.717) is 11.3 Å². The first kappa shape index (κ1) is 17.2. The van der Waals surface area contributed by atoms with Crippen molar-refractivity contribution in [3.8, 4) is 5.75 Å². The Kier molecular flexibility index (Phi) is 5.86. The van der Waals surface area contributed by atoms with Crippen molar-refractivity contribution in [3.63, 3.8) is 0 Å². The van der Waals surface area contributed by atoms with E-state index in [-0.39, 0.29) is 5.91 Å². The summed E-state index contributed by atoms with van der Waals surface area (Å²) in [6.45, 7) is 4.18. The van der Waals surface area contributed by atoms with Crippen LogP contribution in [-0.2, 0) is 0 Å². The SMILES string of the molecule is COc1ccccc1C(=O)N1CCN(C/C=C\c2ccccc2)CC1. The maximum absolute atomic E-state index is 12.7. The van der Waals surface area contributed by atoms with Crippen molar-refractivity contribution in [2.24, 2.45) is 0 Å². The molecular formula is C21H24N2O2. The number of rotatable bonds is 5. The number of hydrogen-bond acceptors (Lipinski definition) is 3. The average molecular weight is 336 g/mol. The Labute approximate surface area is 149 Å². The van der Waals surface area contributed by atoms with Crippen molar-refractivity contribution in [1.82, 2.24) is 9.80 Å². The summed E-state index contributed by atoms with van der Waals surface area (Å²) >= 11 is 0. The molecule has 0 radical (unpaired) electrons. The molecule has 0 unspecified atom stereocenters. The van der Waals surface area contributed by atoms with Crippen molar-refractivity contribution in [2.75, 3.05) is 39.8 Å². The number of nitrogens with zero attached hydrogens (tertiary/aromatic N) is 2. The van der Waals surface area contributed by atoms with Gasteiger partial charge in [-0.1, -0.05) is 54.6 Å². The topological polar surface area (TPSA) is 32.8 Å². The van der Waals surface area contributed by atoms with Gasteiger partial charge in [0.25, 0.3) is 5.91 Å². The third-order valence-electron chi connectivity index (χ3n) is 4.47. The second-order valence-corrected chi connectivity index (χ2v) is 6.11. The van der Waals surface area contributed by atoms with Crippen molar-refractivity contribution >= 4 is 12.0 Å². The van der Waals surface area contributed by atoms with Gasteiger partial charge in [0.1, 0.15) is 5.75 Å². The van der Waals surface area contributed by atoms with Gasteiger partial charge in [-0.3, -0.25) is 9.69 Å². The number of methoxy groups -OCH3 is 1. The molecule has 0 aromatic heterocycles. The highest BCUT2D eigenvalue weighted by atomic mass is 16.5. The van der Waals surface area contributed by atoms with Crippen LogP contribution in [0, 0.1) is 0 Å². The van der Waals surface area contributed by atoms with Crippen LogP contribution in [0.5, 0.6) is 5.75 Å². The van der Waals surface area contributed by atoms with Crippen LogP contribution in [0.4, 0.5) is 0 Å². The molecule has 4 nitrogen and oxygen atoms in total. The second kappa shape index (κ2) is 8.49. The van der Waals surface area contributed by atoms with E-state index in [2.05, 4.69) is 29.2 Å². The van der Waals surface area contributed by atoms with Gasteiger partial charge in [-0.05, 0) is 17.7 Å². The van der Waals surface area contributed by atoms with Gasteiger partial charge in [-0.25, -0.2) is 0 Å². The summed E-state index contributed by atoms with van der Waals surface area (Å²) in [7, 11) is 1.60. The minimum atomic E-state index is 0.0527. The van der Waals surface area contributed by atoms with Crippen LogP contribution in [0.2, 0.25) is 0 Å². The molecule has 1 heterocycles. The lowest BCUT2D eigenvalue weighted by molar-refractivity contribution is 0.0647. The summed E-state index contributed by atoms with van der Waals surface area (Å²) < 4.78 is 5.31. The van der Waals surface area contributed by atoms with E-state index in [4.69, 9.17) is 4.74 Å². The predicted octanol–water partition coefficient (Wildman–Crippen LogP) is 3.17. The molecule has 1 amide bonds. The van der Waals surface area contributed by atoms with Gasteiger partial charge in [0.15, 0.2) is 0 Å². The zero-order valence-corrected chi connectivity index (χ0v) is 14.6. The molecule has 25 heavy (non-hydrogen) atoms. The summed E-state index contributed by atoms with van der Waals surface area (Å²) in [5.74, 6) is 0.692. The van der Waals surface area contributed by atoms with Gasteiger partial charge in [0.05, 0.1) is 12.7 Å². The number of piperazine rings is 1. The Bertz CT molecular complexity index is 720. The Morgan fingerprint density at radius 2 is 1.68 bits per heavy atom. The number of carbonyl (C=O) groups excluding carboxylic acids is 1. The van der Waals surface area contributed by atoms with E-state index in [0.717, 1.165) is 32.7 Å². The fraction of sp³-hybridized carbons (Fsp3) is 0.286. The van der Waals surface area contributed by atoms with E-state index in [9.17, 15) is 4.79 Å². The lowest BCUT2D eigenvalue weighted by Gasteiger charge is -2.34. The third-order valence-corrected chi connectivity index (χ3v) is 4.47. The molecule has 1 aliphatic rings. The molecule has 130 valence electrons. The number of hydrogen-bond donors (Lipinski definition) is 0. The number of ether oxygens (including phenoxy) is 1. The van der Waals surface area contributed by atoms with Crippen molar-refractivity contribution < 1.29 is 9.53 Å². The first-order valence-corrected chi connectivity index (χ1v) is 8.64. The zero-order chi connectivity index (χ0) is 17.5. The summed E-state index contributed by atoms with van der Waals surface area (Å²) in [6, 6.07) is 17.7. The molecule has 1 saturated heterocycles. The van der Waals surface area contributed by atoms with E-state index in [1.54, 1.807) is 7.11 Å². The standard InChI is InChI=1S/C21H24N2O2/c1-25-20-12-6-5-11-19(20)21(24)23-16-14-22(15-17-23)13-7-10-18-8-3-2-4-9-18/h2-12H,13-17H2,1H3/b10-7-. The lowest BCUT2D eigenvalue weighted by Crippen LogP contribution is -2.48. The van der Waals surface area contributed by atoms with Crippen LogP contribution in [0.15, 0.2) is 60.7 Å². The Balaban J connectivity index is 1.51. The molecule has 4 heteroatoms. The van der Waals surface area contributed by atoms with Crippen molar-refractivity contribution in [3.05, 3.63) is 71.8 Å². The highest BCUT2D eigenvalue weighted by Crippen LogP contribution is 2.20. The fourth-order valence-corrected chi connectivity index (χ4v) is 3.03. The average Bonchev–Trinajstić information content (AvgIpc) is 2.69. The minimum Gasteiger partial charge on any atom is -0.496 e. The molecule has 2 aromatic carbocycles. The van der Waals surface area contributed by atoms with E-state index >= 15 is 0 Å². The van der Waals surface area contributed by atoms with Crippen LogP contribution in [0.25, 0.3) is 6.08 Å².